The molecular weight excluding hydrogens is 525 g/mol. The Balaban J connectivity index is 1.25. The first-order chi connectivity index (χ1) is 18.7. The second-order valence-corrected chi connectivity index (χ2v) is 12.0. The standard InChI is InChI=1S/C28H31ClFN5O4/c1-39-24-18-9-21(33-22(18)20(30)10-19(24)29)27(38)35-13-14-4-2-3-5-17(14)23(35)26(37)32-16(12-31)8-15-11-28(6-7-28)34-25(15)36/h9-10,14-17,23,33H,2-8,11,13H2,1H3,(H,32,37)(H,34,36)/t14-,15+,16-,17-,23-/m0/s1. The average molecular weight is 556 g/mol. The number of nitrogens with zero attached hydrogens (tertiary/aromatic N) is 2. The van der Waals surface area contributed by atoms with Gasteiger partial charge in [-0.3, -0.25) is 14.4 Å². The normalized spacial score (nSPS) is 27.6. The third-order valence-corrected chi connectivity index (χ3v) is 9.40. The van der Waals surface area contributed by atoms with Gasteiger partial charge in [-0.15, -0.1) is 0 Å². The molecule has 1 aromatic carbocycles. The number of ether oxygens (including phenoxy) is 1. The summed E-state index contributed by atoms with van der Waals surface area (Å²) < 4.78 is 20.0. The highest BCUT2D eigenvalue weighted by molar-refractivity contribution is 6.33. The van der Waals surface area contributed by atoms with Crippen LogP contribution in [0.2, 0.25) is 5.02 Å². The minimum absolute atomic E-state index is 0.0309. The molecule has 3 N–H and O–H groups in total. The number of carbonyl (C=O) groups is 3. The van der Waals surface area contributed by atoms with Crippen molar-refractivity contribution in [2.24, 2.45) is 17.8 Å². The molecule has 0 bridgehead atoms. The fraction of sp³-hybridized carbons (Fsp3) is 0.571. The summed E-state index contributed by atoms with van der Waals surface area (Å²) in [6.07, 6.45) is 6.55. The van der Waals surface area contributed by atoms with Gasteiger partial charge in [0.15, 0.2) is 0 Å². The number of hydrogen-bond donors (Lipinski definition) is 3. The lowest BCUT2D eigenvalue weighted by Gasteiger charge is -2.30. The SMILES string of the molecule is COc1c(Cl)cc(F)c2[nH]c(C(=O)N3C[C@@H]4CCCC[C@@H]4[C@H]3C(=O)N[C@H](C#N)C[C@@H]3CC4(CC4)NC3=O)cc12. The Labute approximate surface area is 230 Å². The molecule has 2 saturated heterocycles. The van der Waals surface area contributed by atoms with Crippen LogP contribution in [0.25, 0.3) is 10.9 Å². The maximum atomic E-state index is 14.7. The van der Waals surface area contributed by atoms with Gasteiger partial charge in [0.1, 0.15) is 29.3 Å². The number of carbonyl (C=O) groups excluding carboxylic acids is 3. The minimum atomic E-state index is -0.838. The van der Waals surface area contributed by atoms with Crippen LogP contribution in [0.15, 0.2) is 12.1 Å². The lowest BCUT2D eigenvalue weighted by Crippen LogP contribution is -2.51. The first-order valence-corrected chi connectivity index (χ1v) is 14.0. The second kappa shape index (κ2) is 9.70. The van der Waals surface area contributed by atoms with Crippen molar-refractivity contribution in [1.82, 2.24) is 20.5 Å². The predicted octanol–water partition coefficient (Wildman–Crippen LogP) is 3.67. The van der Waals surface area contributed by atoms with E-state index in [4.69, 9.17) is 16.3 Å². The van der Waals surface area contributed by atoms with E-state index in [1.165, 1.54) is 13.2 Å². The maximum absolute atomic E-state index is 14.7. The summed E-state index contributed by atoms with van der Waals surface area (Å²) >= 11 is 6.14. The van der Waals surface area contributed by atoms with Gasteiger partial charge in [0.05, 0.1) is 23.7 Å². The Bertz CT molecular complexity index is 1400. The van der Waals surface area contributed by atoms with Gasteiger partial charge < -0.3 is 25.3 Å². The van der Waals surface area contributed by atoms with Gasteiger partial charge in [-0.05, 0) is 62.5 Å². The fourth-order valence-corrected chi connectivity index (χ4v) is 7.31. The Morgan fingerprint density at radius 1 is 1.33 bits per heavy atom. The van der Waals surface area contributed by atoms with E-state index < -0.39 is 23.8 Å². The zero-order valence-corrected chi connectivity index (χ0v) is 22.4. The maximum Gasteiger partial charge on any atom is 0.271 e. The van der Waals surface area contributed by atoms with Crippen LogP contribution < -0.4 is 15.4 Å². The molecule has 0 unspecified atom stereocenters. The number of aromatic amines is 1. The van der Waals surface area contributed by atoms with Gasteiger partial charge >= 0.3 is 0 Å². The Morgan fingerprint density at radius 3 is 2.79 bits per heavy atom. The molecule has 206 valence electrons. The van der Waals surface area contributed by atoms with E-state index in [1.807, 2.05) is 0 Å². The summed E-state index contributed by atoms with van der Waals surface area (Å²) in [5.74, 6) is -1.40. The predicted molar refractivity (Wildman–Crippen MR) is 140 cm³/mol. The molecule has 4 aliphatic rings. The van der Waals surface area contributed by atoms with Crippen LogP contribution in [-0.4, -0.2) is 58.9 Å². The van der Waals surface area contributed by atoms with Gasteiger partial charge in [0.25, 0.3) is 5.91 Å². The van der Waals surface area contributed by atoms with Crippen molar-refractivity contribution in [3.63, 3.8) is 0 Å². The van der Waals surface area contributed by atoms with Crippen molar-refractivity contribution in [1.29, 1.82) is 5.26 Å². The molecule has 2 aromatic rings. The van der Waals surface area contributed by atoms with Gasteiger partial charge in [-0.2, -0.15) is 5.26 Å². The van der Waals surface area contributed by atoms with E-state index in [-0.39, 0.29) is 63.5 Å². The summed E-state index contributed by atoms with van der Waals surface area (Å²) in [6.45, 7) is 0.405. The molecule has 2 saturated carbocycles. The number of aromatic nitrogens is 1. The highest BCUT2D eigenvalue weighted by Crippen LogP contribution is 2.46. The molecular formula is C28H31ClFN5O4. The highest BCUT2D eigenvalue weighted by atomic mass is 35.5. The number of nitriles is 1. The van der Waals surface area contributed by atoms with Crippen molar-refractivity contribution in [3.8, 4) is 11.8 Å². The Kier molecular flexibility index (Phi) is 6.45. The number of H-pyrrole nitrogens is 1. The lowest BCUT2D eigenvalue weighted by atomic mass is 9.78. The average Bonchev–Trinajstić information content (AvgIpc) is 3.25. The molecule has 3 amide bonds. The van der Waals surface area contributed by atoms with Gasteiger partial charge in [-0.25, -0.2) is 4.39 Å². The molecule has 4 fully saturated rings. The quantitative estimate of drug-likeness (QED) is 0.501. The molecule has 5 atom stereocenters. The Hall–Kier alpha value is -3.32. The number of amides is 3. The molecule has 2 aliphatic carbocycles. The second-order valence-electron chi connectivity index (χ2n) is 11.6. The number of rotatable bonds is 6. The number of hydrogen-bond acceptors (Lipinski definition) is 5. The number of nitrogens with one attached hydrogen (secondary N) is 3. The number of likely N-dealkylation sites (tertiary alicyclic amines) is 1. The van der Waals surface area contributed by atoms with E-state index in [2.05, 4.69) is 21.7 Å². The van der Waals surface area contributed by atoms with Crippen molar-refractivity contribution >= 4 is 40.2 Å². The number of methoxy groups -OCH3 is 1. The highest BCUT2D eigenvalue weighted by Gasteiger charge is 2.53. The smallest absolute Gasteiger partial charge is 0.271 e. The third-order valence-electron chi connectivity index (χ3n) is 9.12. The molecule has 3 heterocycles. The van der Waals surface area contributed by atoms with Crippen LogP contribution in [0.5, 0.6) is 5.75 Å². The summed E-state index contributed by atoms with van der Waals surface area (Å²) in [6, 6.07) is 3.19. The molecule has 2 aliphatic heterocycles. The van der Waals surface area contributed by atoms with E-state index in [1.54, 1.807) is 4.90 Å². The molecule has 1 aromatic heterocycles. The first-order valence-electron chi connectivity index (χ1n) is 13.6. The topological polar surface area (TPSA) is 127 Å². The molecule has 11 heteroatoms. The van der Waals surface area contributed by atoms with Crippen molar-refractivity contribution < 1.29 is 23.5 Å². The van der Waals surface area contributed by atoms with Crippen LogP contribution in [0.3, 0.4) is 0 Å². The van der Waals surface area contributed by atoms with Crippen molar-refractivity contribution in [3.05, 3.63) is 28.7 Å². The zero-order chi connectivity index (χ0) is 27.5. The van der Waals surface area contributed by atoms with Crippen molar-refractivity contribution in [2.75, 3.05) is 13.7 Å². The Morgan fingerprint density at radius 2 is 2.10 bits per heavy atom. The van der Waals surface area contributed by atoms with E-state index >= 15 is 0 Å². The molecule has 1 spiro atoms. The van der Waals surface area contributed by atoms with E-state index in [0.717, 1.165) is 44.6 Å². The molecule has 39 heavy (non-hydrogen) atoms. The monoisotopic (exact) mass is 555 g/mol. The largest absolute Gasteiger partial charge is 0.494 e. The minimum Gasteiger partial charge on any atom is -0.494 e. The van der Waals surface area contributed by atoms with Crippen molar-refractivity contribution in [2.45, 2.75) is 69.0 Å². The number of benzene rings is 1. The lowest BCUT2D eigenvalue weighted by molar-refractivity contribution is -0.127. The summed E-state index contributed by atoms with van der Waals surface area (Å²) in [5, 5.41) is 16.2. The van der Waals surface area contributed by atoms with Gasteiger partial charge in [0, 0.05) is 23.4 Å². The molecule has 6 rings (SSSR count). The van der Waals surface area contributed by atoms with Gasteiger partial charge in [0.2, 0.25) is 11.8 Å². The number of fused-ring (bicyclic) bond motifs is 2. The van der Waals surface area contributed by atoms with Crippen LogP contribution in [-0.2, 0) is 9.59 Å². The van der Waals surface area contributed by atoms with Crippen LogP contribution in [0.1, 0.15) is 61.9 Å². The summed E-state index contributed by atoms with van der Waals surface area (Å²) in [7, 11) is 1.42. The number of halogens is 2. The summed E-state index contributed by atoms with van der Waals surface area (Å²) in [5.41, 5.74) is 0.127. The zero-order valence-electron chi connectivity index (χ0n) is 21.7. The first kappa shape index (κ1) is 25.9. The van der Waals surface area contributed by atoms with Crippen LogP contribution in [0, 0.1) is 34.9 Å². The van der Waals surface area contributed by atoms with E-state index in [0.29, 0.717) is 18.4 Å². The van der Waals surface area contributed by atoms with Gasteiger partial charge in [-0.1, -0.05) is 24.4 Å². The molecule has 0 radical (unpaired) electrons. The third kappa shape index (κ3) is 4.50. The molecule has 9 nitrogen and oxygen atoms in total. The fourth-order valence-electron chi connectivity index (χ4n) is 7.03. The summed E-state index contributed by atoms with van der Waals surface area (Å²) in [4.78, 5) is 44.4. The van der Waals surface area contributed by atoms with E-state index in [9.17, 15) is 24.0 Å². The van der Waals surface area contributed by atoms with Crippen LogP contribution >= 0.6 is 11.6 Å². The van der Waals surface area contributed by atoms with Crippen LogP contribution in [0.4, 0.5) is 4.39 Å².